The number of amides is 1. The molecule has 0 saturated carbocycles. The summed E-state index contributed by atoms with van der Waals surface area (Å²) >= 11 is 0. The van der Waals surface area contributed by atoms with Crippen LogP contribution in [-0.4, -0.2) is 36.5 Å². The fraction of sp³-hybridized carbons (Fsp3) is 0.348. The molecule has 0 bridgehead atoms. The Morgan fingerprint density at radius 2 is 1.91 bits per heavy atom. The second-order valence-electron chi connectivity index (χ2n) is 8.09. The number of hydrogen-bond acceptors (Lipinski definition) is 7. The standard InChI is InChI=1S/C23H24N4O5/c1-15-9-16(2)13-26(12-15)20-8-7-17(10-21(20)27(30)31)23(29)32-14-22(28)25-19-6-4-3-5-18(19)11-24/h3-8,10,15-16H,9,12-14H2,1-2H3,(H,25,28)/t15-,16-/m1/s1. The molecule has 0 unspecified atom stereocenters. The van der Waals surface area contributed by atoms with E-state index in [1.54, 1.807) is 30.3 Å². The summed E-state index contributed by atoms with van der Waals surface area (Å²) in [5.41, 5.74) is 0.869. The summed E-state index contributed by atoms with van der Waals surface area (Å²) in [5.74, 6) is -0.646. The number of ether oxygens (including phenoxy) is 1. The zero-order valence-corrected chi connectivity index (χ0v) is 17.9. The van der Waals surface area contributed by atoms with E-state index in [1.807, 2.05) is 11.0 Å². The quantitative estimate of drug-likeness (QED) is 0.415. The first kappa shape index (κ1) is 22.7. The van der Waals surface area contributed by atoms with Gasteiger partial charge in [-0.25, -0.2) is 4.79 Å². The molecule has 0 aromatic heterocycles. The molecule has 1 aliphatic rings. The van der Waals surface area contributed by atoms with Crippen LogP contribution in [-0.2, 0) is 9.53 Å². The van der Waals surface area contributed by atoms with Crippen molar-refractivity contribution in [2.24, 2.45) is 11.8 Å². The summed E-state index contributed by atoms with van der Waals surface area (Å²) < 4.78 is 5.02. The summed E-state index contributed by atoms with van der Waals surface area (Å²) in [6.07, 6.45) is 1.07. The lowest BCUT2D eigenvalue weighted by atomic mass is 9.91. The molecule has 3 rings (SSSR count). The van der Waals surface area contributed by atoms with E-state index in [9.17, 15) is 19.7 Å². The van der Waals surface area contributed by atoms with Gasteiger partial charge in [0.25, 0.3) is 11.6 Å². The third-order valence-corrected chi connectivity index (χ3v) is 5.27. The third kappa shape index (κ3) is 5.40. The van der Waals surface area contributed by atoms with Gasteiger partial charge in [0.1, 0.15) is 11.8 Å². The number of carbonyl (C=O) groups is 2. The molecule has 1 N–H and O–H groups in total. The first-order valence-electron chi connectivity index (χ1n) is 10.3. The Hall–Kier alpha value is -3.93. The number of hydrogen-bond donors (Lipinski definition) is 1. The number of nitrogens with zero attached hydrogens (tertiary/aromatic N) is 3. The first-order valence-corrected chi connectivity index (χ1v) is 10.3. The summed E-state index contributed by atoms with van der Waals surface area (Å²) in [5, 5.41) is 23.2. The fourth-order valence-electron chi connectivity index (χ4n) is 4.01. The molecule has 166 valence electrons. The average molecular weight is 436 g/mol. The van der Waals surface area contributed by atoms with Crippen LogP contribution >= 0.6 is 0 Å². The van der Waals surface area contributed by atoms with Gasteiger partial charge in [0, 0.05) is 19.2 Å². The monoisotopic (exact) mass is 436 g/mol. The molecule has 0 spiro atoms. The van der Waals surface area contributed by atoms with E-state index in [-0.39, 0.29) is 16.8 Å². The molecule has 1 aliphatic heterocycles. The number of nitro benzene ring substituents is 1. The number of nitrogens with one attached hydrogen (secondary N) is 1. The van der Waals surface area contributed by atoms with Gasteiger partial charge in [0.2, 0.25) is 0 Å². The van der Waals surface area contributed by atoms with Crippen LogP contribution < -0.4 is 10.2 Å². The van der Waals surface area contributed by atoms with Gasteiger partial charge in [0.05, 0.1) is 21.7 Å². The predicted octanol–water partition coefficient (Wildman–Crippen LogP) is 3.74. The maximum Gasteiger partial charge on any atom is 0.338 e. The smallest absolute Gasteiger partial charge is 0.338 e. The largest absolute Gasteiger partial charge is 0.452 e. The molecular formula is C23H24N4O5. The topological polar surface area (TPSA) is 126 Å². The molecule has 0 aliphatic carbocycles. The number of para-hydroxylation sites is 1. The highest BCUT2D eigenvalue weighted by molar-refractivity contribution is 5.96. The molecule has 2 aromatic carbocycles. The first-order chi connectivity index (χ1) is 15.3. The Labute approximate surface area is 185 Å². The number of benzene rings is 2. The van der Waals surface area contributed by atoms with E-state index in [0.717, 1.165) is 6.42 Å². The summed E-state index contributed by atoms with van der Waals surface area (Å²) in [7, 11) is 0. The number of nitro groups is 1. The molecule has 1 heterocycles. The third-order valence-electron chi connectivity index (χ3n) is 5.27. The van der Waals surface area contributed by atoms with Crippen molar-refractivity contribution in [1.29, 1.82) is 5.26 Å². The van der Waals surface area contributed by atoms with E-state index in [4.69, 9.17) is 10.00 Å². The molecule has 32 heavy (non-hydrogen) atoms. The zero-order valence-electron chi connectivity index (χ0n) is 17.9. The second kappa shape index (κ2) is 9.92. The normalized spacial score (nSPS) is 17.8. The van der Waals surface area contributed by atoms with Crippen LogP contribution in [0.4, 0.5) is 17.1 Å². The highest BCUT2D eigenvalue weighted by Crippen LogP contribution is 2.34. The lowest BCUT2D eigenvalue weighted by Gasteiger charge is -2.36. The molecule has 1 amide bonds. The average Bonchev–Trinajstić information content (AvgIpc) is 2.76. The Balaban J connectivity index is 1.69. The van der Waals surface area contributed by atoms with Gasteiger partial charge < -0.3 is 15.0 Å². The van der Waals surface area contributed by atoms with Gasteiger partial charge in [-0.15, -0.1) is 0 Å². The second-order valence-corrected chi connectivity index (χ2v) is 8.09. The van der Waals surface area contributed by atoms with E-state index in [1.165, 1.54) is 12.1 Å². The molecule has 9 nitrogen and oxygen atoms in total. The van der Waals surface area contributed by atoms with Crippen molar-refractivity contribution in [3.8, 4) is 6.07 Å². The minimum Gasteiger partial charge on any atom is -0.452 e. The Morgan fingerprint density at radius 3 is 2.56 bits per heavy atom. The van der Waals surface area contributed by atoms with Crippen LogP contribution in [0.15, 0.2) is 42.5 Å². The molecule has 0 radical (unpaired) electrons. The molecule has 1 saturated heterocycles. The maximum atomic E-state index is 12.4. The fourth-order valence-corrected chi connectivity index (χ4v) is 4.01. The van der Waals surface area contributed by atoms with Gasteiger partial charge in [-0.05, 0) is 42.5 Å². The lowest BCUT2D eigenvalue weighted by Crippen LogP contribution is -2.39. The highest BCUT2D eigenvalue weighted by Gasteiger charge is 2.28. The number of piperidine rings is 1. The maximum absolute atomic E-state index is 12.4. The Kier molecular flexibility index (Phi) is 7.05. The van der Waals surface area contributed by atoms with Crippen LogP contribution in [0.1, 0.15) is 36.2 Å². The van der Waals surface area contributed by atoms with E-state index >= 15 is 0 Å². The molecular weight excluding hydrogens is 412 g/mol. The van der Waals surface area contributed by atoms with E-state index in [0.29, 0.717) is 36.3 Å². The summed E-state index contributed by atoms with van der Waals surface area (Å²) in [4.78, 5) is 37.6. The number of anilines is 2. The predicted molar refractivity (Wildman–Crippen MR) is 118 cm³/mol. The van der Waals surface area contributed by atoms with Crippen molar-refractivity contribution < 1.29 is 19.2 Å². The van der Waals surface area contributed by atoms with Gasteiger partial charge in [-0.1, -0.05) is 26.0 Å². The van der Waals surface area contributed by atoms with E-state index in [2.05, 4.69) is 19.2 Å². The van der Waals surface area contributed by atoms with Crippen molar-refractivity contribution in [3.63, 3.8) is 0 Å². The molecule has 9 heteroatoms. The minimum absolute atomic E-state index is 0.0104. The van der Waals surface area contributed by atoms with Crippen molar-refractivity contribution in [2.45, 2.75) is 20.3 Å². The van der Waals surface area contributed by atoms with Gasteiger partial charge in [0.15, 0.2) is 6.61 Å². The zero-order chi connectivity index (χ0) is 23.3. The molecule has 2 atom stereocenters. The minimum atomic E-state index is -0.844. The van der Waals surface area contributed by atoms with Gasteiger partial charge in [-0.2, -0.15) is 5.26 Å². The summed E-state index contributed by atoms with van der Waals surface area (Å²) in [6, 6.07) is 12.6. The Bertz CT molecular complexity index is 1070. The lowest BCUT2D eigenvalue weighted by molar-refractivity contribution is -0.384. The van der Waals surface area contributed by atoms with Crippen LogP contribution in [0.2, 0.25) is 0 Å². The van der Waals surface area contributed by atoms with Gasteiger partial charge >= 0.3 is 5.97 Å². The van der Waals surface area contributed by atoms with Crippen LogP contribution in [0, 0.1) is 33.3 Å². The number of carbonyl (C=O) groups excluding carboxylic acids is 2. The van der Waals surface area contributed by atoms with E-state index < -0.39 is 23.4 Å². The van der Waals surface area contributed by atoms with Crippen molar-refractivity contribution in [2.75, 3.05) is 29.9 Å². The summed E-state index contributed by atoms with van der Waals surface area (Å²) in [6.45, 7) is 5.05. The van der Waals surface area contributed by atoms with Crippen molar-refractivity contribution in [3.05, 3.63) is 63.7 Å². The van der Waals surface area contributed by atoms with Crippen LogP contribution in [0.5, 0.6) is 0 Å². The SMILES string of the molecule is C[C@@H]1C[C@@H](C)CN(c2ccc(C(=O)OCC(=O)Nc3ccccc3C#N)cc2[N+](=O)[O-])C1. The Morgan fingerprint density at radius 1 is 1.22 bits per heavy atom. The number of rotatable bonds is 6. The van der Waals surface area contributed by atoms with Gasteiger partial charge in [-0.3, -0.25) is 14.9 Å². The van der Waals surface area contributed by atoms with Crippen molar-refractivity contribution in [1.82, 2.24) is 0 Å². The van der Waals surface area contributed by atoms with Crippen LogP contribution in [0.3, 0.4) is 0 Å². The molecule has 2 aromatic rings. The highest BCUT2D eigenvalue weighted by atomic mass is 16.6. The van der Waals surface area contributed by atoms with Crippen LogP contribution in [0.25, 0.3) is 0 Å². The number of nitriles is 1. The van der Waals surface area contributed by atoms with Crippen molar-refractivity contribution >= 4 is 28.9 Å². The molecule has 1 fully saturated rings. The number of esters is 1.